The Balaban J connectivity index is 2.48. The highest BCUT2D eigenvalue weighted by atomic mass is 35.6. The molecule has 1 aromatic carbocycles. The molecule has 0 bridgehead atoms. The molecule has 3 amide bonds. The second kappa shape index (κ2) is 5.00. The highest BCUT2D eigenvalue weighted by molar-refractivity contribution is 6.76. The molecule has 2 rings (SSSR count). The first kappa shape index (κ1) is 14.1. The number of carbonyl (C=O) groups is 3. The minimum atomic E-state index is -2.40. The summed E-state index contributed by atoms with van der Waals surface area (Å²) in [6.07, 6.45) is 0. The highest BCUT2D eigenvalue weighted by Gasteiger charge is 2.43. The molecule has 0 atom stereocenters. The first-order valence-electron chi connectivity index (χ1n) is 5.02. The molecule has 1 heterocycles. The standard InChI is InChI=1S/C11H6Cl3NO4/c12-11(13,14)10(18)15-8(16)5-19-7-4-2-1-3-6(7)9(15)17/h1-4H,5H2. The summed E-state index contributed by atoms with van der Waals surface area (Å²) in [6, 6.07) is 6.11. The molecule has 0 saturated carbocycles. The van der Waals surface area contributed by atoms with Gasteiger partial charge in [0.2, 0.25) is 0 Å². The van der Waals surface area contributed by atoms with E-state index in [2.05, 4.69) is 0 Å². The first-order chi connectivity index (χ1) is 8.82. The Morgan fingerprint density at radius 2 is 1.84 bits per heavy atom. The number of fused-ring (bicyclic) bond motifs is 1. The van der Waals surface area contributed by atoms with Crippen LogP contribution in [0.5, 0.6) is 5.75 Å². The Morgan fingerprint density at radius 1 is 1.21 bits per heavy atom. The molecule has 0 aromatic heterocycles. The van der Waals surface area contributed by atoms with E-state index in [1.165, 1.54) is 12.1 Å². The lowest BCUT2D eigenvalue weighted by molar-refractivity contribution is -0.141. The predicted molar refractivity (Wildman–Crippen MR) is 68.4 cm³/mol. The zero-order valence-corrected chi connectivity index (χ0v) is 11.5. The van der Waals surface area contributed by atoms with Gasteiger partial charge in [0.15, 0.2) is 6.61 Å². The van der Waals surface area contributed by atoms with E-state index >= 15 is 0 Å². The third kappa shape index (κ3) is 2.68. The van der Waals surface area contributed by atoms with Gasteiger partial charge in [-0.05, 0) is 12.1 Å². The lowest BCUT2D eigenvalue weighted by Crippen LogP contribution is -2.47. The Bertz CT molecular complexity index is 567. The van der Waals surface area contributed by atoms with Crippen molar-refractivity contribution in [1.29, 1.82) is 0 Å². The summed E-state index contributed by atoms with van der Waals surface area (Å²) in [6.45, 7) is -0.491. The van der Waals surface area contributed by atoms with Crippen LogP contribution in [0.25, 0.3) is 0 Å². The van der Waals surface area contributed by atoms with E-state index in [9.17, 15) is 14.4 Å². The minimum Gasteiger partial charge on any atom is -0.483 e. The van der Waals surface area contributed by atoms with Crippen LogP contribution in [0.3, 0.4) is 0 Å². The van der Waals surface area contributed by atoms with Gasteiger partial charge in [-0.3, -0.25) is 14.4 Å². The predicted octanol–water partition coefficient (Wildman–Crippen LogP) is 1.94. The smallest absolute Gasteiger partial charge is 0.288 e. The van der Waals surface area contributed by atoms with Gasteiger partial charge in [-0.25, -0.2) is 4.90 Å². The van der Waals surface area contributed by atoms with Crippen LogP contribution in [0.4, 0.5) is 0 Å². The van der Waals surface area contributed by atoms with Crippen LogP contribution in [-0.4, -0.2) is 33.0 Å². The van der Waals surface area contributed by atoms with Crippen molar-refractivity contribution < 1.29 is 19.1 Å². The Hall–Kier alpha value is -1.30. The summed E-state index contributed by atoms with van der Waals surface area (Å²) < 4.78 is 2.73. The normalized spacial score (nSPS) is 15.6. The second-order valence-electron chi connectivity index (χ2n) is 3.62. The number of ether oxygens (including phenoxy) is 1. The van der Waals surface area contributed by atoms with Crippen LogP contribution in [0, 0.1) is 0 Å². The van der Waals surface area contributed by atoms with Crippen molar-refractivity contribution in [3.63, 3.8) is 0 Å². The van der Waals surface area contributed by atoms with Crippen molar-refractivity contribution in [3.8, 4) is 5.75 Å². The number of alkyl halides is 3. The summed E-state index contributed by atoms with van der Waals surface area (Å²) in [4.78, 5) is 36.1. The molecule has 1 aliphatic heterocycles. The molecule has 5 nitrogen and oxygen atoms in total. The maximum atomic E-state index is 12.2. The van der Waals surface area contributed by atoms with Crippen molar-refractivity contribution in [2.75, 3.05) is 6.61 Å². The molecule has 0 saturated heterocycles. The van der Waals surface area contributed by atoms with E-state index in [0.29, 0.717) is 4.90 Å². The van der Waals surface area contributed by atoms with Gasteiger partial charge < -0.3 is 4.74 Å². The summed E-state index contributed by atoms with van der Waals surface area (Å²) >= 11 is 16.3. The molecule has 0 unspecified atom stereocenters. The zero-order chi connectivity index (χ0) is 14.2. The van der Waals surface area contributed by atoms with Gasteiger partial charge in [0.1, 0.15) is 5.75 Å². The molecule has 0 aliphatic carbocycles. The molecule has 19 heavy (non-hydrogen) atoms. The Kier molecular flexibility index (Phi) is 3.71. The van der Waals surface area contributed by atoms with Crippen molar-refractivity contribution in [2.24, 2.45) is 0 Å². The minimum absolute atomic E-state index is 0.0518. The van der Waals surface area contributed by atoms with Crippen molar-refractivity contribution in [1.82, 2.24) is 4.90 Å². The van der Waals surface area contributed by atoms with Crippen LogP contribution in [0.15, 0.2) is 24.3 Å². The fraction of sp³-hybridized carbons (Fsp3) is 0.182. The van der Waals surface area contributed by atoms with Crippen molar-refractivity contribution >= 4 is 52.5 Å². The number of halogens is 3. The fourth-order valence-electron chi connectivity index (χ4n) is 1.54. The van der Waals surface area contributed by atoms with E-state index in [4.69, 9.17) is 39.5 Å². The SMILES string of the molecule is O=C1COc2ccccc2C(=O)N1C(=O)C(Cl)(Cl)Cl. The number of amides is 3. The van der Waals surface area contributed by atoms with Gasteiger partial charge in [-0.1, -0.05) is 46.9 Å². The fourth-order valence-corrected chi connectivity index (χ4v) is 1.79. The average Bonchev–Trinajstić information content (AvgIpc) is 2.46. The van der Waals surface area contributed by atoms with Gasteiger partial charge in [0, 0.05) is 0 Å². The average molecular weight is 323 g/mol. The number of carbonyl (C=O) groups excluding carboxylic acids is 3. The maximum absolute atomic E-state index is 12.2. The third-order valence-corrected chi connectivity index (χ3v) is 2.85. The van der Waals surface area contributed by atoms with Gasteiger partial charge >= 0.3 is 0 Å². The number of imide groups is 3. The van der Waals surface area contributed by atoms with Gasteiger partial charge in [-0.15, -0.1) is 0 Å². The summed E-state index contributed by atoms with van der Waals surface area (Å²) in [5.74, 6) is -2.81. The number of benzene rings is 1. The molecule has 0 spiro atoms. The Labute approximate surface area is 123 Å². The summed E-state index contributed by atoms with van der Waals surface area (Å²) in [7, 11) is 0. The molecule has 0 N–H and O–H groups in total. The number of hydrogen-bond acceptors (Lipinski definition) is 4. The van der Waals surface area contributed by atoms with Crippen LogP contribution in [0.1, 0.15) is 10.4 Å². The van der Waals surface area contributed by atoms with E-state index in [0.717, 1.165) is 0 Å². The number of rotatable bonds is 0. The van der Waals surface area contributed by atoms with E-state index in [1.807, 2.05) is 0 Å². The summed E-state index contributed by atoms with van der Waals surface area (Å²) in [5.41, 5.74) is 0.0518. The highest BCUT2D eigenvalue weighted by Crippen LogP contribution is 2.31. The molecule has 8 heteroatoms. The molecule has 0 fully saturated rings. The Morgan fingerprint density at radius 3 is 2.47 bits per heavy atom. The van der Waals surface area contributed by atoms with Gasteiger partial charge in [0.25, 0.3) is 21.5 Å². The molecule has 1 aliphatic rings. The molecule has 1 aromatic rings. The second-order valence-corrected chi connectivity index (χ2v) is 5.90. The molecule has 0 radical (unpaired) electrons. The largest absolute Gasteiger partial charge is 0.483 e. The van der Waals surface area contributed by atoms with E-state index in [1.54, 1.807) is 12.1 Å². The van der Waals surface area contributed by atoms with Crippen LogP contribution < -0.4 is 4.74 Å². The van der Waals surface area contributed by atoms with Crippen LogP contribution in [-0.2, 0) is 9.59 Å². The lowest BCUT2D eigenvalue weighted by Gasteiger charge is -2.20. The van der Waals surface area contributed by atoms with E-state index in [-0.39, 0.29) is 11.3 Å². The van der Waals surface area contributed by atoms with Gasteiger partial charge in [-0.2, -0.15) is 0 Å². The lowest BCUT2D eigenvalue weighted by atomic mass is 10.2. The number of hydrogen-bond donors (Lipinski definition) is 0. The molecular weight excluding hydrogens is 316 g/mol. The quantitative estimate of drug-likeness (QED) is 0.541. The van der Waals surface area contributed by atoms with Crippen molar-refractivity contribution in [2.45, 2.75) is 3.79 Å². The van der Waals surface area contributed by atoms with Crippen LogP contribution >= 0.6 is 34.8 Å². The summed E-state index contributed by atoms with van der Waals surface area (Å²) in [5, 5.41) is 0. The molecular formula is C11H6Cl3NO4. The van der Waals surface area contributed by atoms with E-state index < -0.39 is 28.1 Å². The van der Waals surface area contributed by atoms with Crippen LogP contribution in [0.2, 0.25) is 0 Å². The van der Waals surface area contributed by atoms with Gasteiger partial charge in [0.05, 0.1) is 5.56 Å². The zero-order valence-electron chi connectivity index (χ0n) is 9.23. The monoisotopic (exact) mass is 321 g/mol. The maximum Gasteiger partial charge on any atom is 0.288 e. The first-order valence-corrected chi connectivity index (χ1v) is 6.16. The molecule has 100 valence electrons. The third-order valence-electron chi connectivity index (χ3n) is 2.37. The number of nitrogens with zero attached hydrogens (tertiary/aromatic N) is 1. The topological polar surface area (TPSA) is 63.7 Å². The number of para-hydroxylation sites is 1. The van der Waals surface area contributed by atoms with Crippen molar-refractivity contribution in [3.05, 3.63) is 29.8 Å².